The van der Waals surface area contributed by atoms with E-state index in [0.717, 1.165) is 34.6 Å². The number of rotatable bonds is 7. The van der Waals surface area contributed by atoms with Crippen molar-refractivity contribution in [1.29, 1.82) is 0 Å². The van der Waals surface area contributed by atoms with E-state index in [1.807, 2.05) is 60.8 Å². The minimum absolute atomic E-state index is 0.0785. The highest BCUT2D eigenvalue weighted by Crippen LogP contribution is 2.25. The number of hydrogen-bond acceptors (Lipinski definition) is 4. The molecule has 2 heterocycles. The first kappa shape index (κ1) is 18.8. The summed E-state index contributed by atoms with van der Waals surface area (Å²) in [6.45, 7) is 5.62. The number of aromatic amines is 1. The van der Waals surface area contributed by atoms with Crippen LogP contribution >= 0.6 is 0 Å². The highest BCUT2D eigenvalue weighted by atomic mass is 16.2. The third-order valence-electron chi connectivity index (χ3n) is 4.71. The molecule has 0 unspecified atom stereocenters. The van der Waals surface area contributed by atoms with E-state index >= 15 is 0 Å². The zero-order valence-corrected chi connectivity index (χ0v) is 16.1. The lowest BCUT2D eigenvalue weighted by atomic mass is 10.1. The zero-order valence-electron chi connectivity index (χ0n) is 16.1. The van der Waals surface area contributed by atoms with Gasteiger partial charge in [0.05, 0.1) is 11.4 Å². The molecule has 0 saturated carbocycles. The second-order valence-corrected chi connectivity index (χ2v) is 6.69. The lowest BCUT2D eigenvalue weighted by Crippen LogP contribution is -2.32. The molecule has 0 aliphatic rings. The molecule has 0 saturated heterocycles. The maximum atomic E-state index is 13.1. The van der Waals surface area contributed by atoms with Gasteiger partial charge in [0.1, 0.15) is 5.69 Å². The van der Waals surface area contributed by atoms with E-state index in [1.54, 1.807) is 6.07 Å². The van der Waals surface area contributed by atoms with Crippen LogP contribution in [0.2, 0.25) is 0 Å². The van der Waals surface area contributed by atoms with Crippen molar-refractivity contribution in [2.75, 3.05) is 13.1 Å². The Kier molecular flexibility index (Phi) is 5.71. The van der Waals surface area contributed by atoms with Crippen LogP contribution < -0.4 is 5.73 Å². The predicted octanol–water partition coefficient (Wildman–Crippen LogP) is 2.42. The van der Waals surface area contributed by atoms with Gasteiger partial charge in [-0.1, -0.05) is 30.3 Å². The van der Waals surface area contributed by atoms with E-state index < -0.39 is 0 Å². The van der Waals surface area contributed by atoms with Gasteiger partial charge in [-0.2, -0.15) is 10.2 Å². The molecule has 0 radical (unpaired) electrons. The normalized spacial score (nSPS) is 11.0. The molecule has 3 aromatic rings. The van der Waals surface area contributed by atoms with E-state index in [2.05, 4.69) is 15.3 Å². The average Bonchev–Trinajstić information content (AvgIpc) is 3.23. The minimum Gasteiger partial charge on any atom is -0.333 e. The van der Waals surface area contributed by atoms with Gasteiger partial charge in [0.15, 0.2) is 0 Å². The Balaban J connectivity index is 1.85. The topological polar surface area (TPSA) is 92.8 Å². The smallest absolute Gasteiger partial charge is 0.272 e. The lowest BCUT2D eigenvalue weighted by Gasteiger charge is -2.22. The van der Waals surface area contributed by atoms with Crippen LogP contribution in [0, 0.1) is 13.8 Å². The van der Waals surface area contributed by atoms with Crippen molar-refractivity contribution in [1.82, 2.24) is 24.9 Å². The average molecular weight is 366 g/mol. The molecule has 142 valence electrons. The summed E-state index contributed by atoms with van der Waals surface area (Å²) in [7, 11) is 1.90. The number of H-pyrrole nitrogens is 1. The Morgan fingerprint density at radius 2 is 2.00 bits per heavy atom. The fourth-order valence-corrected chi connectivity index (χ4v) is 3.21. The molecule has 0 fully saturated rings. The van der Waals surface area contributed by atoms with E-state index in [-0.39, 0.29) is 5.91 Å². The number of carbonyl (C=O) groups excluding carboxylic acids is 1. The fraction of sp³-hybridized carbons (Fsp3) is 0.350. The van der Waals surface area contributed by atoms with Gasteiger partial charge in [-0.05, 0) is 38.4 Å². The summed E-state index contributed by atoms with van der Waals surface area (Å²) in [4.78, 5) is 14.9. The largest absolute Gasteiger partial charge is 0.333 e. The minimum atomic E-state index is -0.0785. The summed E-state index contributed by atoms with van der Waals surface area (Å²) in [6, 6.07) is 11.8. The van der Waals surface area contributed by atoms with E-state index in [4.69, 9.17) is 5.73 Å². The molecule has 7 nitrogen and oxygen atoms in total. The van der Waals surface area contributed by atoms with Crippen molar-refractivity contribution < 1.29 is 4.79 Å². The predicted molar refractivity (Wildman–Crippen MR) is 105 cm³/mol. The summed E-state index contributed by atoms with van der Waals surface area (Å²) in [5, 5.41) is 11.7. The van der Waals surface area contributed by atoms with Gasteiger partial charge >= 0.3 is 0 Å². The standard InChI is InChI=1S/C20H26N6O/c1-14-19(15(2)25(3)24-14)17-12-18(23-22-17)20(27)26(11-7-10-21)13-16-8-5-4-6-9-16/h4-6,8-9,12H,7,10-11,13,21H2,1-3H3,(H,22,23). The van der Waals surface area contributed by atoms with Crippen molar-refractivity contribution in [3.05, 3.63) is 59.0 Å². The Morgan fingerprint density at radius 1 is 1.26 bits per heavy atom. The van der Waals surface area contributed by atoms with Gasteiger partial charge < -0.3 is 10.6 Å². The van der Waals surface area contributed by atoms with Crippen LogP contribution in [-0.4, -0.2) is 43.9 Å². The Bertz CT molecular complexity index is 912. The van der Waals surface area contributed by atoms with Crippen LogP contribution in [0.25, 0.3) is 11.3 Å². The van der Waals surface area contributed by atoms with Gasteiger partial charge in [0.25, 0.3) is 5.91 Å². The molecule has 7 heteroatoms. The van der Waals surface area contributed by atoms with E-state index in [0.29, 0.717) is 25.3 Å². The van der Waals surface area contributed by atoms with Crippen LogP contribution in [0.1, 0.15) is 33.9 Å². The number of aromatic nitrogens is 4. The second-order valence-electron chi connectivity index (χ2n) is 6.69. The number of nitrogens with one attached hydrogen (secondary N) is 1. The van der Waals surface area contributed by atoms with Crippen molar-refractivity contribution in [2.24, 2.45) is 12.8 Å². The second kappa shape index (κ2) is 8.18. The van der Waals surface area contributed by atoms with Crippen LogP contribution in [0.4, 0.5) is 0 Å². The Labute approximate surface area is 159 Å². The van der Waals surface area contributed by atoms with Crippen LogP contribution in [0.15, 0.2) is 36.4 Å². The summed E-state index contributed by atoms with van der Waals surface area (Å²) >= 11 is 0. The fourth-order valence-electron chi connectivity index (χ4n) is 3.21. The quantitative estimate of drug-likeness (QED) is 0.671. The van der Waals surface area contributed by atoms with Crippen molar-refractivity contribution in [2.45, 2.75) is 26.8 Å². The van der Waals surface area contributed by atoms with E-state index in [9.17, 15) is 4.79 Å². The summed E-state index contributed by atoms with van der Waals surface area (Å²) < 4.78 is 1.82. The first-order valence-corrected chi connectivity index (χ1v) is 9.10. The molecule has 1 amide bonds. The molecule has 0 atom stereocenters. The molecular weight excluding hydrogens is 340 g/mol. The van der Waals surface area contributed by atoms with Gasteiger partial charge in [0.2, 0.25) is 0 Å². The molecule has 1 aromatic carbocycles. The van der Waals surface area contributed by atoms with Crippen LogP contribution in [0.3, 0.4) is 0 Å². The van der Waals surface area contributed by atoms with Crippen molar-refractivity contribution in [3.8, 4) is 11.3 Å². The summed E-state index contributed by atoms with van der Waals surface area (Å²) in [5.74, 6) is -0.0785. The maximum Gasteiger partial charge on any atom is 0.272 e. The highest BCUT2D eigenvalue weighted by molar-refractivity contribution is 5.93. The van der Waals surface area contributed by atoms with Gasteiger partial charge in [-0.25, -0.2) is 0 Å². The molecule has 2 aromatic heterocycles. The molecular formula is C20H26N6O. The van der Waals surface area contributed by atoms with E-state index in [1.165, 1.54) is 0 Å². The Hall–Kier alpha value is -2.93. The molecule has 0 bridgehead atoms. The number of nitrogens with zero attached hydrogens (tertiary/aromatic N) is 4. The SMILES string of the molecule is Cc1nn(C)c(C)c1-c1cc(C(=O)N(CCCN)Cc2ccccc2)[nH]n1. The number of hydrogen-bond donors (Lipinski definition) is 2. The Morgan fingerprint density at radius 3 is 2.63 bits per heavy atom. The number of carbonyl (C=O) groups is 1. The molecule has 3 N–H and O–H groups in total. The van der Waals surface area contributed by atoms with Crippen LogP contribution in [0.5, 0.6) is 0 Å². The third kappa shape index (κ3) is 4.09. The first-order chi connectivity index (χ1) is 13.0. The lowest BCUT2D eigenvalue weighted by molar-refractivity contribution is 0.0736. The molecule has 0 aliphatic carbocycles. The van der Waals surface area contributed by atoms with Crippen molar-refractivity contribution >= 4 is 5.91 Å². The maximum absolute atomic E-state index is 13.1. The molecule has 3 rings (SSSR count). The summed E-state index contributed by atoms with van der Waals surface area (Å²) in [6.07, 6.45) is 0.750. The molecule has 0 spiro atoms. The zero-order chi connectivity index (χ0) is 19.4. The van der Waals surface area contributed by atoms with Crippen LogP contribution in [-0.2, 0) is 13.6 Å². The molecule has 0 aliphatic heterocycles. The molecule has 27 heavy (non-hydrogen) atoms. The number of aryl methyl sites for hydroxylation is 2. The van der Waals surface area contributed by atoms with Gasteiger partial charge in [-0.15, -0.1) is 0 Å². The third-order valence-corrected chi connectivity index (χ3v) is 4.71. The van der Waals surface area contributed by atoms with Gasteiger partial charge in [-0.3, -0.25) is 14.6 Å². The number of nitrogens with two attached hydrogens (primary N) is 1. The highest BCUT2D eigenvalue weighted by Gasteiger charge is 2.21. The summed E-state index contributed by atoms with van der Waals surface area (Å²) in [5.41, 5.74) is 10.8. The van der Waals surface area contributed by atoms with Crippen molar-refractivity contribution in [3.63, 3.8) is 0 Å². The first-order valence-electron chi connectivity index (χ1n) is 9.10. The monoisotopic (exact) mass is 366 g/mol. The van der Waals surface area contributed by atoms with Gasteiger partial charge in [0, 0.05) is 31.4 Å². The number of benzene rings is 1. The number of amides is 1.